The molecule has 2 aromatic rings. The van der Waals surface area contributed by atoms with Crippen molar-refractivity contribution in [2.75, 3.05) is 5.32 Å². The number of carbonyl (C=O) groups excluding carboxylic acids is 1. The molecule has 0 radical (unpaired) electrons. The van der Waals surface area contributed by atoms with Gasteiger partial charge in [-0.25, -0.2) is 4.68 Å². The number of hydrogen-bond donors (Lipinski definition) is 1. The fourth-order valence-electron chi connectivity index (χ4n) is 2.62. The molecule has 0 spiro atoms. The lowest BCUT2D eigenvalue weighted by Crippen LogP contribution is -2.23. The second kappa shape index (κ2) is 4.91. The van der Waals surface area contributed by atoms with Crippen molar-refractivity contribution in [3.05, 3.63) is 46.4 Å². The molecule has 1 saturated carbocycles. The first-order chi connectivity index (χ1) is 10.0. The molecule has 1 N–H and O–H groups in total. The summed E-state index contributed by atoms with van der Waals surface area (Å²) in [6.45, 7) is 3.89. The topological polar surface area (TPSA) is 56.0 Å². The summed E-state index contributed by atoms with van der Waals surface area (Å²) in [4.78, 5) is 24.7. The average molecular weight is 285 g/mol. The SMILES string of the molecule is Cc1c(NC(=O)[C@H]2C[C@@H]2C)c(=O)n(-c2ccccc2)n1C. The van der Waals surface area contributed by atoms with Gasteiger partial charge in [0.15, 0.2) is 0 Å². The Balaban J connectivity index is 2.00. The third-order valence-corrected chi connectivity index (χ3v) is 4.25. The Hall–Kier alpha value is -2.30. The summed E-state index contributed by atoms with van der Waals surface area (Å²) >= 11 is 0. The molecule has 2 atom stereocenters. The number of rotatable bonds is 3. The Labute approximate surface area is 123 Å². The van der Waals surface area contributed by atoms with Crippen molar-refractivity contribution in [3.63, 3.8) is 0 Å². The van der Waals surface area contributed by atoms with Gasteiger partial charge in [0, 0.05) is 13.0 Å². The highest BCUT2D eigenvalue weighted by Crippen LogP contribution is 2.38. The number of aromatic nitrogens is 2. The predicted octanol–water partition coefficient (Wildman–Crippen LogP) is 2.08. The number of amides is 1. The van der Waals surface area contributed by atoms with Gasteiger partial charge in [0.1, 0.15) is 5.69 Å². The zero-order chi connectivity index (χ0) is 15.1. The number of nitrogens with zero attached hydrogens (tertiary/aromatic N) is 2. The minimum atomic E-state index is -0.192. The smallest absolute Gasteiger partial charge is 0.295 e. The molecule has 0 aliphatic heterocycles. The van der Waals surface area contributed by atoms with E-state index >= 15 is 0 Å². The van der Waals surface area contributed by atoms with Crippen molar-refractivity contribution < 1.29 is 4.79 Å². The summed E-state index contributed by atoms with van der Waals surface area (Å²) in [5, 5.41) is 2.81. The largest absolute Gasteiger partial charge is 0.320 e. The zero-order valence-corrected chi connectivity index (χ0v) is 12.5. The van der Waals surface area contributed by atoms with Crippen molar-refractivity contribution in [2.24, 2.45) is 18.9 Å². The van der Waals surface area contributed by atoms with Crippen LogP contribution in [0.1, 0.15) is 19.0 Å². The quantitative estimate of drug-likeness (QED) is 0.938. The summed E-state index contributed by atoms with van der Waals surface area (Å²) in [5.41, 5.74) is 1.73. The first kappa shape index (κ1) is 13.7. The zero-order valence-electron chi connectivity index (χ0n) is 12.5. The highest BCUT2D eigenvalue weighted by Gasteiger charge is 2.39. The molecule has 1 aromatic heterocycles. The molecule has 110 valence electrons. The van der Waals surface area contributed by atoms with Gasteiger partial charge in [-0.05, 0) is 31.4 Å². The standard InChI is InChI=1S/C16H19N3O2/c1-10-9-13(10)15(20)17-14-11(2)18(3)19(16(14)21)12-7-5-4-6-8-12/h4-8,10,13H,9H2,1-3H3,(H,17,20)/t10-,13-/m0/s1. The van der Waals surface area contributed by atoms with E-state index in [2.05, 4.69) is 5.32 Å². The van der Waals surface area contributed by atoms with Crippen LogP contribution >= 0.6 is 0 Å². The first-order valence-electron chi connectivity index (χ1n) is 7.15. The Bertz CT molecular complexity index is 743. The van der Waals surface area contributed by atoms with Gasteiger partial charge in [-0.2, -0.15) is 0 Å². The lowest BCUT2D eigenvalue weighted by atomic mass is 10.3. The van der Waals surface area contributed by atoms with E-state index in [0.717, 1.165) is 17.8 Å². The molecule has 0 unspecified atom stereocenters. The van der Waals surface area contributed by atoms with Crippen LogP contribution in [0.2, 0.25) is 0 Å². The Morgan fingerprint density at radius 1 is 1.29 bits per heavy atom. The van der Waals surface area contributed by atoms with E-state index in [1.54, 1.807) is 9.36 Å². The summed E-state index contributed by atoms with van der Waals surface area (Å²) in [5.74, 6) is 0.424. The first-order valence-corrected chi connectivity index (χ1v) is 7.15. The van der Waals surface area contributed by atoms with E-state index in [0.29, 0.717) is 11.6 Å². The molecule has 5 heteroatoms. The predicted molar refractivity (Wildman–Crippen MR) is 81.6 cm³/mol. The molecular weight excluding hydrogens is 266 g/mol. The van der Waals surface area contributed by atoms with Crippen LogP contribution in [0, 0.1) is 18.8 Å². The molecule has 1 fully saturated rings. The van der Waals surface area contributed by atoms with E-state index in [1.807, 2.05) is 51.2 Å². The summed E-state index contributed by atoms with van der Waals surface area (Å²) in [7, 11) is 1.82. The van der Waals surface area contributed by atoms with Crippen molar-refractivity contribution in [1.82, 2.24) is 9.36 Å². The van der Waals surface area contributed by atoms with Gasteiger partial charge in [0.25, 0.3) is 5.56 Å². The fourth-order valence-corrected chi connectivity index (χ4v) is 2.62. The van der Waals surface area contributed by atoms with Gasteiger partial charge in [-0.1, -0.05) is 25.1 Å². The van der Waals surface area contributed by atoms with Crippen LogP contribution in [0.25, 0.3) is 5.69 Å². The Morgan fingerprint density at radius 3 is 2.48 bits per heavy atom. The maximum atomic E-state index is 12.6. The molecule has 21 heavy (non-hydrogen) atoms. The van der Waals surface area contributed by atoms with Crippen LogP contribution in [0.3, 0.4) is 0 Å². The maximum absolute atomic E-state index is 12.6. The molecule has 1 aliphatic rings. The van der Waals surface area contributed by atoms with Crippen molar-refractivity contribution >= 4 is 11.6 Å². The highest BCUT2D eigenvalue weighted by molar-refractivity contribution is 5.94. The average Bonchev–Trinajstić information content (AvgIpc) is 3.17. The van der Waals surface area contributed by atoms with Crippen LogP contribution < -0.4 is 10.9 Å². The minimum Gasteiger partial charge on any atom is -0.320 e. The molecule has 3 rings (SSSR count). The van der Waals surface area contributed by atoms with Gasteiger partial charge in [0.05, 0.1) is 11.4 Å². The van der Waals surface area contributed by atoms with E-state index < -0.39 is 0 Å². The number of anilines is 1. The molecule has 0 saturated heterocycles. The van der Waals surface area contributed by atoms with Crippen molar-refractivity contribution in [3.8, 4) is 5.69 Å². The lowest BCUT2D eigenvalue weighted by molar-refractivity contribution is -0.117. The fraction of sp³-hybridized carbons (Fsp3) is 0.375. The van der Waals surface area contributed by atoms with Crippen molar-refractivity contribution in [2.45, 2.75) is 20.3 Å². The molecule has 1 aliphatic carbocycles. The van der Waals surface area contributed by atoms with Crippen LogP contribution in [0.4, 0.5) is 5.69 Å². The Kier molecular flexibility index (Phi) is 3.20. The maximum Gasteiger partial charge on any atom is 0.295 e. The third kappa shape index (κ3) is 2.28. The summed E-state index contributed by atoms with van der Waals surface area (Å²) < 4.78 is 3.34. The second-order valence-corrected chi connectivity index (χ2v) is 5.75. The molecular formula is C16H19N3O2. The monoisotopic (exact) mass is 285 g/mol. The van der Waals surface area contributed by atoms with E-state index in [9.17, 15) is 9.59 Å². The van der Waals surface area contributed by atoms with Gasteiger partial charge in [0.2, 0.25) is 5.91 Å². The van der Waals surface area contributed by atoms with Gasteiger partial charge >= 0.3 is 0 Å². The van der Waals surface area contributed by atoms with Crippen LogP contribution in [0.15, 0.2) is 35.1 Å². The highest BCUT2D eigenvalue weighted by atomic mass is 16.2. The molecule has 1 heterocycles. The Morgan fingerprint density at radius 2 is 1.90 bits per heavy atom. The number of para-hydroxylation sites is 1. The van der Waals surface area contributed by atoms with Gasteiger partial charge < -0.3 is 5.32 Å². The number of nitrogens with one attached hydrogen (secondary N) is 1. The number of hydrogen-bond acceptors (Lipinski definition) is 2. The van der Waals surface area contributed by atoms with Crippen LogP contribution in [0.5, 0.6) is 0 Å². The lowest BCUT2D eigenvalue weighted by Gasteiger charge is -2.07. The van der Waals surface area contributed by atoms with Crippen LogP contribution in [-0.4, -0.2) is 15.3 Å². The van der Waals surface area contributed by atoms with E-state index in [1.165, 1.54) is 0 Å². The second-order valence-electron chi connectivity index (χ2n) is 5.75. The molecule has 5 nitrogen and oxygen atoms in total. The van der Waals surface area contributed by atoms with Crippen molar-refractivity contribution in [1.29, 1.82) is 0 Å². The summed E-state index contributed by atoms with van der Waals surface area (Å²) in [6.07, 6.45) is 0.907. The molecule has 1 aromatic carbocycles. The van der Waals surface area contributed by atoms with E-state index in [-0.39, 0.29) is 17.4 Å². The minimum absolute atomic E-state index is 0.0477. The van der Waals surface area contributed by atoms with Crippen LogP contribution in [-0.2, 0) is 11.8 Å². The number of carbonyl (C=O) groups is 1. The number of benzene rings is 1. The van der Waals surface area contributed by atoms with Gasteiger partial charge in [-0.15, -0.1) is 0 Å². The molecule has 1 amide bonds. The summed E-state index contributed by atoms with van der Waals surface area (Å²) in [6, 6.07) is 9.41. The van der Waals surface area contributed by atoms with Gasteiger partial charge in [-0.3, -0.25) is 14.3 Å². The third-order valence-electron chi connectivity index (χ3n) is 4.25. The normalized spacial score (nSPS) is 20.3. The van der Waals surface area contributed by atoms with E-state index in [4.69, 9.17) is 0 Å². The molecule has 0 bridgehead atoms.